The molecule has 2 amide bonds. The number of carbonyl (C=O) groups is 1. The highest BCUT2D eigenvalue weighted by atomic mass is 32.2. The summed E-state index contributed by atoms with van der Waals surface area (Å²) >= 11 is 0. The minimum atomic E-state index is -3.06. The lowest BCUT2D eigenvalue weighted by Crippen LogP contribution is -2.45. The van der Waals surface area contributed by atoms with E-state index in [1.807, 2.05) is 42.5 Å². The summed E-state index contributed by atoms with van der Waals surface area (Å²) in [7, 11) is -1.50. The van der Waals surface area contributed by atoms with Crippen LogP contribution in [0.1, 0.15) is 0 Å². The number of carbonyl (C=O) groups excluding carboxylic acids is 1. The molecule has 3 aromatic rings. The molecule has 0 aliphatic carbocycles. The number of rotatable bonds is 3. The molecule has 4 rings (SSSR count). The fraction of sp³-hybridized carbons (Fsp3) is 0.250. The molecular formula is C20H20N4O4S. The summed E-state index contributed by atoms with van der Waals surface area (Å²) in [6.45, 7) is 0.327. The van der Waals surface area contributed by atoms with Gasteiger partial charge in [-0.3, -0.25) is 5.32 Å². The number of sulfone groups is 1. The Bertz CT molecular complexity index is 1150. The Hall–Kier alpha value is -3.20. The Morgan fingerprint density at radius 1 is 1.07 bits per heavy atom. The molecule has 0 spiro atoms. The molecule has 0 radical (unpaired) electrons. The highest BCUT2D eigenvalue weighted by molar-refractivity contribution is 7.91. The summed E-state index contributed by atoms with van der Waals surface area (Å²) in [5.74, 6) is 0.766. The molecule has 2 aromatic carbocycles. The number of nitrogens with zero attached hydrogens (tertiary/aromatic N) is 3. The van der Waals surface area contributed by atoms with Gasteiger partial charge in [0.2, 0.25) is 0 Å². The van der Waals surface area contributed by atoms with Crippen molar-refractivity contribution in [2.24, 2.45) is 0 Å². The van der Waals surface area contributed by atoms with E-state index < -0.39 is 15.9 Å². The van der Waals surface area contributed by atoms with Crippen LogP contribution in [0.25, 0.3) is 22.2 Å². The SMILES string of the molecule is COc1ccc(-c2ccccc2)c2ncc(NC(=O)N3CCS(=O)(=O)CC3)nc12. The predicted octanol–water partition coefficient (Wildman–Crippen LogP) is 2.57. The van der Waals surface area contributed by atoms with Gasteiger partial charge in [-0.2, -0.15) is 0 Å². The Balaban J connectivity index is 1.64. The molecule has 2 heterocycles. The number of amides is 2. The second-order valence-electron chi connectivity index (χ2n) is 6.70. The molecule has 150 valence electrons. The van der Waals surface area contributed by atoms with Crippen LogP contribution in [0.15, 0.2) is 48.7 Å². The third-order valence-electron chi connectivity index (χ3n) is 4.83. The van der Waals surface area contributed by atoms with Gasteiger partial charge < -0.3 is 9.64 Å². The number of fused-ring (bicyclic) bond motifs is 1. The van der Waals surface area contributed by atoms with E-state index in [9.17, 15) is 13.2 Å². The van der Waals surface area contributed by atoms with E-state index in [0.717, 1.165) is 11.1 Å². The van der Waals surface area contributed by atoms with Gasteiger partial charge in [0.1, 0.15) is 16.8 Å². The lowest BCUT2D eigenvalue weighted by atomic mass is 10.0. The first-order valence-electron chi connectivity index (χ1n) is 9.12. The van der Waals surface area contributed by atoms with E-state index in [1.54, 1.807) is 7.11 Å². The first-order chi connectivity index (χ1) is 14.0. The molecule has 1 aromatic heterocycles. The molecule has 1 N–H and O–H groups in total. The Kier molecular flexibility index (Phi) is 5.06. The van der Waals surface area contributed by atoms with Crippen LogP contribution < -0.4 is 10.1 Å². The summed E-state index contributed by atoms with van der Waals surface area (Å²) in [6.07, 6.45) is 1.49. The van der Waals surface area contributed by atoms with Gasteiger partial charge in [0, 0.05) is 18.7 Å². The fourth-order valence-electron chi connectivity index (χ4n) is 3.25. The lowest BCUT2D eigenvalue weighted by Gasteiger charge is -2.26. The largest absolute Gasteiger partial charge is 0.494 e. The van der Waals surface area contributed by atoms with Crippen molar-refractivity contribution in [1.29, 1.82) is 0 Å². The maximum absolute atomic E-state index is 12.5. The van der Waals surface area contributed by atoms with Crippen molar-refractivity contribution in [1.82, 2.24) is 14.9 Å². The number of urea groups is 1. The number of anilines is 1. The molecule has 1 fully saturated rings. The van der Waals surface area contributed by atoms with E-state index in [4.69, 9.17) is 4.74 Å². The van der Waals surface area contributed by atoms with Crippen LogP contribution in [0.3, 0.4) is 0 Å². The first kappa shape index (κ1) is 19.1. The summed E-state index contributed by atoms with van der Waals surface area (Å²) in [4.78, 5) is 23.0. The third kappa shape index (κ3) is 4.00. The normalized spacial score (nSPS) is 15.8. The zero-order chi connectivity index (χ0) is 20.4. The highest BCUT2D eigenvalue weighted by Crippen LogP contribution is 2.32. The van der Waals surface area contributed by atoms with Crippen molar-refractivity contribution in [2.75, 3.05) is 37.0 Å². The first-order valence-corrected chi connectivity index (χ1v) is 10.9. The second-order valence-corrected chi connectivity index (χ2v) is 9.01. The maximum Gasteiger partial charge on any atom is 0.323 e. The van der Waals surface area contributed by atoms with Crippen LogP contribution >= 0.6 is 0 Å². The average molecular weight is 412 g/mol. The Labute approximate surface area is 168 Å². The monoisotopic (exact) mass is 412 g/mol. The fourth-order valence-corrected chi connectivity index (χ4v) is 4.46. The Morgan fingerprint density at radius 2 is 1.79 bits per heavy atom. The number of nitrogens with one attached hydrogen (secondary N) is 1. The van der Waals surface area contributed by atoms with Crippen LogP contribution in [0, 0.1) is 0 Å². The smallest absolute Gasteiger partial charge is 0.323 e. The van der Waals surface area contributed by atoms with Crippen LogP contribution in [-0.2, 0) is 9.84 Å². The summed E-state index contributed by atoms with van der Waals surface area (Å²) in [6, 6.07) is 13.2. The molecule has 9 heteroatoms. The van der Waals surface area contributed by atoms with Gasteiger partial charge in [-0.1, -0.05) is 30.3 Å². The van der Waals surface area contributed by atoms with Gasteiger partial charge in [-0.05, 0) is 17.7 Å². The Morgan fingerprint density at radius 3 is 2.48 bits per heavy atom. The standard InChI is InChI=1S/C20H20N4O4S/c1-28-16-8-7-15(14-5-3-2-4-6-14)18-19(16)22-17(13-21-18)23-20(25)24-9-11-29(26,27)12-10-24/h2-8,13H,9-12H2,1H3,(H,22,23,25). The van der Waals surface area contributed by atoms with Crippen LogP contribution in [0.5, 0.6) is 5.75 Å². The second kappa shape index (κ2) is 7.67. The maximum atomic E-state index is 12.5. The summed E-state index contributed by atoms with van der Waals surface area (Å²) in [5, 5.41) is 2.70. The topological polar surface area (TPSA) is 101 Å². The molecule has 0 unspecified atom stereocenters. The van der Waals surface area contributed by atoms with Crippen molar-refractivity contribution < 1.29 is 17.9 Å². The zero-order valence-corrected chi connectivity index (χ0v) is 16.6. The molecule has 0 saturated carbocycles. The molecular weight excluding hydrogens is 392 g/mol. The van der Waals surface area contributed by atoms with E-state index >= 15 is 0 Å². The van der Waals surface area contributed by atoms with Crippen molar-refractivity contribution >= 4 is 32.7 Å². The van der Waals surface area contributed by atoms with Crippen LogP contribution in [0.2, 0.25) is 0 Å². The number of aromatic nitrogens is 2. The van der Waals surface area contributed by atoms with E-state index in [-0.39, 0.29) is 30.4 Å². The lowest BCUT2D eigenvalue weighted by molar-refractivity contribution is 0.216. The van der Waals surface area contributed by atoms with Gasteiger partial charge in [0.25, 0.3) is 0 Å². The molecule has 0 atom stereocenters. The van der Waals surface area contributed by atoms with E-state index in [0.29, 0.717) is 16.8 Å². The van der Waals surface area contributed by atoms with E-state index in [2.05, 4.69) is 15.3 Å². The zero-order valence-electron chi connectivity index (χ0n) is 15.8. The van der Waals surface area contributed by atoms with Gasteiger partial charge in [0.05, 0.1) is 24.8 Å². The molecule has 1 aliphatic heterocycles. The van der Waals surface area contributed by atoms with Crippen molar-refractivity contribution in [3.8, 4) is 16.9 Å². The predicted molar refractivity (Wildman–Crippen MR) is 111 cm³/mol. The highest BCUT2D eigenvalue weighted by Gasteiger charge is 2.25. The van der Waals surface area contributed by atoms with E-state index in [1.165, 1.54) is 11.1 Å². The molecule has 1 aliphatic rings. The number of methoxy groups -OCH3 is 1. The van der Waals surface area contributed by atoms with Gasteiger partial charge in [0.15, 0.2) is 15.7 Å². The number of ether oxygens (including phenoxy) is 1. The number of benzene rings is 2. The van der Waals surface area contributed by atoms with Crippen LogP contribution in [-0.4, -0.2) is 61.0 Å². The third-order valence-corrected chi connectivity index (χ3v) is 6.44. The van der Waals surface area contributed by atoms with Gasteiger partial charge in [-0.15, -0.1) is 0 Å². The van der Waals surface area contributed by atoms with Crippen molar-refractivity contribution in [2.45, 2.75) is 0 Å². The average Bonchev–Trinajstić information content (AvgIpc) is 2.73. The quantitative estimate of drug-likeness (QED) is 0.709. The minimum absolute atomic E-state index is 0.0297. The summed E-state index contributed by atoms with van der Waals surface area (Å²) in [5.41, 5.74) is 3.11. The number of hydrogen-bond donors (Lipinski definition) is 1. The molecule has 0 bridgehead atoms. The number of hydrogen-bond acceptors (Lipinski definition) is 6. The summed E-state index contributed by atoms with van der Waals surface area (Å²) < 4.78 is 28.5. The molecule has 1 saturated heterocycles. The molecule has 29 heavy (non-hydrogen) atoms. The molecule has 8 nitrogen and oxygen atoms in total. The van der Waals surface area contributed by atoms with Crippen molar-refractivity contribution in [3.63, 3.8) is 0 Å². The van der Waals surface area contributed by atoms with Gasteiger partial charge in [-0.25, -0.2) is 23.2 Å². The van der Waals surface area contributed by atoms with Crippen LogP contribution in [0.4, 0.5) is 10.6 Å². The minimum Gasteiger partial charge on any atom is -0.494 e. The van der Waals surface area contributed by atoms with Gasteiger partial charge >= 0.3 is 6.03 Å². The van der Waals surface area contributed by atoms with Crippen molar-refractivity contribution in [3.05, 3.63) is 48.7 Å².